The summed E-state index contributed by atoms with van der Waals surface area (Å²) in [5.74, 6) is 0.345. The third kappa shape index (κ3) is 2.06. The largest absolute Gasteiger partial charge is 0.271 e. The Balaban J connectivity index is 2.48. The number of halogens is 1. The standard InChI is InChI=1S/C11H18ClN3O2S/c1-8-11(9(2)14(3)13-8)18(16,17)15-6-4-5-10(15)7-12/h10H,4-7H2,1-3H3. The van der Waals surface area contributed by atoms with Crippen LogP contribution in [0.25, 0.3) is 0 Å². The van der Waals surface area contributed by atoms with Crippen LogP contribution in [0.15, 0.2) is 4.90 Å². The Labute approximate surface area is 113 Å². The van der Waals surface area contributed by atoms with E-state index < -0.39 is 10.0 Å². The topological polar surface area (TPSA) is 55.2 Å². The molecule has 0 spiro atoms. The van der Waals surface area contributed by atoms with E-state index in [0.29, 0.717) is 28.7 Å². The minimum Gasteiger partial charge on any atom is -0.271 e. The number of aryl methyl sites for hydroxylation is 2. The van der Waals surface area contributed by atoms with Gasteiger partial charge in [-0.15, -0.1) is 11.6 Å². The van der Waals surface area contributed by atoms with Gasteiger partial charge in [-0.2, -0.15) is 9.40 Å². The lowest BCUT2D eigenvalue weighted by atomic mass is 10.3. The van der Waals surface area contributed by atoms with E-state index in [1.165, 1.54) is 4.31 Å². The summed E-state index contributed by atoms with van der Waals surface area (Å²) >= 11 is 5.85. The first-order chi connectivity index (χ1) is 8.39. The molecule has 5 nitrogen and oxygen atoms in total. The second-order valence-corrected chi connectivity index (χ2v) is 6.83. The van der Waals surface area contributed by atoms with E-state index in [0.717, 1.165) is 12.8 Å². The Kier molecular flexibility index (Phi) is 3.71. The fourth-order valence-corrected chi connectivity index (χ4v) is 5.02. The quantitative estimate of drug-likeness (QED) is 0.792. The van der Waals surface area contributed by atoms with Crippen LogP contribution in [-0.4, -0.2) is 41.0 Å². The van der Waals surface area contributed by atoms with Crippen molar-refractivity contribution in [2.75, 3.05) is 12.4 Å². The molecule has 102 valence electrons. The van der Waals surface area contributed by atoms with Gasteiger partial charge in [-0.1, -0.05) is 0 Å². The number of nitrogens with zero attached hydrogens (tertiary/aromatic N) is 3. The van der Waals surface area contributed by atoms with Crippen LogP contribution in [0.2, 0.25) is 0 Å². The van der Waals surface area contributed by atoms with Gasteiger partial charge >= 0.3 is 0 Å². The normalized spacial score (nSPS) is 21.7. The summed E-state index contributed by atoms with van der Waals surface area (Å²) in [5.41, 5.74) is 1.22. The van der Waals surface area contributed by atoms with E-state index in [9.17, 15) is 8.42 Å². The summed E-state index contributed by atoms with van der Waals surface area (Å²) in [6.07, 6.45) is 1.70. The lowest BCUT2D eigenvalue weighted by Gasteiger charge is -2.22. The van der Waals surface area contributed by atoms with Crippen molar-refractivity contribution >= 4 is 21.6 Å². The molecule has 1 aliphatic heterocycles. The molecule has 1 atom stereocenters. The summed E-state index contributed by atoms with van der Waals surface area (Å²) in [6.45, 7) is 4.05. The van der Waals surface area contributed by atoms with E-state index in [2.05, 4.69) is 5.10 Å². The van der Waals surface area contributed by atoms with Crippen LogP contribution in [0, 0.1) is 13.8 Å². The smallest absolute Gasteiger partial charge is 0.247 e. The first-order valence-corrected chi connectivity index (χ1v) is 7.95. The van der Waals surface area contributed by atoms with Crippen LogP contribution >= 0.6 is 11.6 Å². The maximum atomic E-state index is 12.7. The predicted molar refractivity (Wildman–Crippen MR) is 70.3 cm³/mol. The highest BCUT2D eigenvalue weighted by Gasteiger charge is 2.37. The van der Waals surface area contributed by atoms with Crippen molar-refractivity contribution in [2.45, 2.75) is 37.6 Å². The summed E-state index contributed by atoms with van der Waals surface area (Å²) in [5, 5.41) is 4.18. The SMILES string of the molecule is Cc1nn(C)c(C)c1S(=O)(=O)N1CCCC1CCl. The van der Waals surface area contributed by atoms with Crippen molar-refractivity contribution in [3.05, 3.63) is 11.4 Å². The van der Waals surface area contributed by atoms with E-state index in [1.54, 1.807) is 25.6 Å². The lowest BCUT2D eigenvalue weighted by Crippen LogP contribution is -2.37. The van der Waals surface area contributed by atoms with Gasteiger partial charge in [0, 0.05) is 25.5 Å². The number of hydrogen-bond acceptors (Lipinski definition) is 3. The molecule has 0 N–H and O–H groups in total. The van der Waals surface area contributed by atoms with Crippen molar-refractivity contribution in [2.24, 2.45) is 7.05 Å². The van der Waals surface area contributed by atoms with Crippen molar-refractivity contribution in [1.29, 1.82) is 0 Å². The van der Waals surface area contributed by atoms with Gasteiger partial charge < -0.3 is 0 Å². The highest BCUT2D eigenvalue weighted by atomic mass is 35.5. The maximum absolute atomic E-state index is 12.7. The zero-order valence-electron chi connectivity index (χ0n) is 10.9. The molecule has 1 fully saturated rings. The molecule has 1 aliphatic rings. The number of sulfonamides is 1. The van der Waals surface area contributed by atoms with Crippen molar-refractivity contribution in [3.63, 3.8) is 0 Å². The molecule has 0 saturated carbocycles. The highest BCUT2D eigenvalue weighted by Crippen LogP contribution is 2.29. The number of hydrogen-bond donors (Lipinski definition) is 0. The average Bonchev–Trinajstić information content (AvgIpc) is 2.85. The van der Waals surface area contributed by atoms with Gasteiger partial charge in [0.25, 0.3) is 0 Å². The van der Waals surface area contributed by atoms with E-state index in [4.69, 9.17) is 11.6 Å². The minimum atomic E-state index is -3.47. The molecule has 0 bridgehead atoms. The molecule has 1 unspecified atom stereocenters. The summed E-state index contributed by atoms with van der Waals surface area (Å²) in [6, 6.07) is -0.0873. The Morgan fingerprint density at radius 1 is 1.44 bits per heavy atom. The van der Waals surface area contributed by atoms with E-state index in [1.807, 2.05) is 0 Å². The Bertz CT molecular complexity index is 553. The van der Waals surface area contributed by atoms with Gasteiger partial charge in [0.15, 0.2) is 0 Å². The van der Waals surface area contributed by atoms with E-state index >= 15 is 0 Å². The summed E-state index contributed by atoms with van der Waals surface area (Å²) in [4.78, 5) is 0.335. The summed E-state index contributed by atoms with van der Waals surface area (Å²) < 4.78 is 28.5. The molecule has 2 heterocycles. The van der Waals surface area contributed by atoms with Gasteiger partial charge in [-0.05, 0) is 26.7 Å². The third-order valence-electron chi connectivity index (χ3n) is 3.51. The fraction of sp³-hybridized carbons (Fsp3) is 0.727. The molecule has 1 aromatic heterocycles. The molecular weight excluding hydrogens is 274 g/mol. The molecule has 7 heteroatoms. The molecule has 1 aromatic rings. The molecule has 1 saturated heterocycles. The molecule has 2 rings (SSSR count). The molecule has 0 aromatic carbocycles. The Hall–Kier alpha value is -0.590. The van der Waals surface area contributed by atoms with Crippen molar-refractivity contribution in [3.8, 4) is 0 Å². The second-order valence-electron chi connectivity index (χ2n) is 4.69. The van der Waals surface area contributed by atoms with Gasteiger partial charge in [0.05, 0.1) is 11.4 Å². The van der Waals surface area contributed by atoms with Crippen LogP contribution in [0.4, 0.5) is 0 Å². The van der Waals surface area contributed by atoms with Crippen LogP contribution in [0.3, 0.4) is 0 Å². The first-order valence-electron chi connectivity index (χ1n) is 5.97. The maximum Gasteiger partial charge on any atom is 0.247 e. The number of rotatable bonds is 3. The van der Waals surface area contributed by atoms with Crippen molar-refractivity contribution < 1.29 is 8.42 Å². The Morgan fingerprint density at radius 3 is 2.61 bits per heavy atom. The second kappa shape index (κ2) is 4.83. The Morgan fingerprint density at radius 2 is 2.11 bits per heavy atom. The average molecular weight is 292 g/mol. The third-order valence-corrected chi connectivity index (χ3v) is 6.07. The van der Waals surface area contributed by atoms with Gasteiger partial charge in [0.2, 0.25) is 10.0 Å². The lowest BCUT2D eigenvalue weighted by molar-refractivity contribution is 0.410. The molecule has 0 amide bonds. The molecule has 0 radical (unpaired) electrons. The van der Waals surface area contributed by atoms with E-state index in [-0.39, 0.29) is 6.04 Å². The fourth-order valence-electron chi connectivity index (χ4n) is 2.52. The van der Waals surface area contributed by atoms with Crippen LogP contribution < -0.4 is 0 Å². The summed E-state index contributed by atoms with van der Waals surface area (Å²) in [7, 11) is -1.72. The minimum absolute atomic E-state index is 0.0873. The monoisotopic (exact) mass is 291 g/mol. The molecular formula is C11H18ClN3O2S. The first kappa shape index (κ1) is 13.8. The number of aromatic nitrogens is 2. The van der Waals surface area contributed by atoms with Gasteiger partial charge in [-0.3, -0.25) is 4.68 Å². The van der Waals surface area contributed by atoms with Crippen LogP contribution in [0.5, 0.6) is 0 Å². The van der Waals surface area contributed by atoms with Gasteiger partial charge in [-0.25, -0.2) is 8.42 Å². The molecule has 18 heavy (non-hydrogen) atoms. The van der Waals surface area contributed by atoms with Crippen LogP contribution in [-0.2, 0) is 17.1 Å². The number of alkyl halides is 1. The zero-order valence-corrected chi connectivity index (χ0v) is 12.4. The predicted octanol–water partition coefficient (Wildman–Crippen LogP) is 1.43. The van der Waals surface area contributed by atoms with Crippen molar-refractivity contribution in [1.82, 2.24) is 14.1 Å². The molecule has 0 aliphatic carbocycles. The highest BCUT2D eigenvalue weighted by molar-refractivity contribution is 7.89. The zero-order chi connectivity index (χ0) is 13.5. The van der Waals surface area contributed by atoms with Gasteiger partial charge in [0.1, 0.15) is 4.90 Å². The van der Waals surface area contributed by atoms with Crippen LogP contribution in [0.1, 0.15) is 24.2 Å².